The summed E-state index contributed by atoms with van der Waals surface area (Å²) in [6.45, 7) is 0.492. The van der Waals surface area contributed by atoms with Gasteiger partial charge in [0.1, 0.15) is 12.4 Å². The maximum Gasteiger partial charge on any atom is 0.343 e. The van der Waals surface area contributed by atoms with Crippen molar-refractivity contribution in [3.8, 4) is 5.75 Å². The zero-order valence-electron chi connectivity index (χ0n) is 14.1. The number of hydrogen-bond acceptors (Lipinski definition) is 5. The number of nitrogens with one attached hydrogen (secondary N) is 2. The van der Waals surface area contributed by atoms with Crippen LogP contribution >= 0.6 is 11.8 Å². The molecule has 0 atom stereocenters. The lowest BCUT2D eigenvalue weighted by Crippen LogP contribution is -2.16. The van der Waals surface area contributed by atoms with Gasteiger partial charge in [0, 0.05) is 12.7 Å². The number of benzene rings is 2. The standard InChI is InChI=1S/C18H18N4O3S/c1-22-17(24)20-21-18(22)26-12-16(23)19-14-7-9-15(10-8-14)25-11-13-5-3-2-4-6-13/h2-10H,11-12H2,1H3,(H,19,23)(H,20,24). The summed E-state index contributed by atoms with van der Waals surface area (Å²) in [6, 6.07) is 17.1. The molecule has 7 nitrogen and oxygen atoms in total. The van der Waals surface area contributed by atoms with E-state index in [1.54, 1.807) is 19.2 Å². The lowest BCUT2D eigenvalue weighted by molar-refractivity contribution is -0.113. The van der Waals surface area contributed by atoms with Crippen molar-refractivity contribution in [1.29, 1.82) is 0 Å². The number of anilines is 1. The van der Waals surface area contributed by atoms with E-state index in [4.69, 9.17) is 4.74 Å². The molecule has 1 aromatic heterocycles. The molecule has 2 N–H and O–H groups in total. The van der Waals surface area contributed by atoms with E-state index in [0.29, 0.717) is 17.5 Å². The van der Waals surface area contributed by atoms with Gasteiger partial charge in [-0.3, -0.25) is 9.36 Å². The molecule has 0 radical (unpaired) electrons. The molecular weight excluding hydrogens is 352 g/mol. The molecule has 0 aliphatic carbocycles. The maximum atomic E-state index is 12.0. The highest BCUT2D eigenvalue weighted by Crippen LogP contribution is 2.18. The second-order valence-electron chi connectivity index (χ2n) is 5.51. The quantitative estimate of drug-likeness (QED) is 0.624. The number of H-pyrrole nitrogens is 1. The Morgan fingerprint density at radius 2 is 1.92 bits per heavy atom. The minimum atomic E-state index is -0.306. The first kappa shape index (κ1) is 17.8. The highest BCUT2D eigenvalue weighted by atomic mass is 32.2. The predicted octanol–water partition coefficient (Wildman–Crippen LogP) is 2.42. The molecule has 26 heavy (non-hydrogen) atoms. The Labute approximate surface area is 154 Å². The van der Waals surface area contributed by atoms with E-state index in [2.05, 4.69) is 15.5 Å². The Morgan fingerprint density at radius 3 is 2.58 bits per heavy atom. The molecule has 3 rings (SSSR count). The van der Waals surface area contributed by atoms with Crippen LogP contribution in [0.4, 0.5) is 5.69 Å². The molecule has 0 aliphatic rings. The number of carbonyl (C=O) groups excluding carboxylic acids is 1. The molecule has 0 aliphatic heterocycles. The number of nitrogens with zero attached hydrogens (tertiary/aromatic N) is 2. The summed E-state index contributed by atoms with van der Waals surface area (Å²) >= 11 is 1.19. The van der Waals surface area contributed by atoms with Gasteiger partial charge in [-0.05, 0) is 29.8 Å². The summed E-state index contributed by atoms with van der Waals surface area (Å²) in [5.41, 5.74) is 1.47. The summed E-state index contributed by atoms with van der Waals surface area (Å²) in [4.78, 5) is 23.3. The van der Waals surface area contributed by atoms with Gasteiger partial charge in [0.05, 0.1) is 5.75 Å². The molecule has 8 heteroatoms. The third-order valence-electron chi connectivity index (χ3n) is 3.56. The average molecular weight is 370 g/mol. The molecule has 0 unspecified atom stereocenters. The molecule has 0 spiro atoms. The Hall–Kier alpha value is -3.00. The SMILES string of the molecule is Cn1c(SCC(=O)Nc2ccc(OCc3ccccc3)cc2)n[nH]c1=O. The minimum absolute atomic E-state index is 0.157. The van der Waals surface area contributed by atoms with E-state index in [1.165, 1.54) is 16.3 Å². The van der Waals surface area contributed by atoms with E-state index in [1.807, 2.05) is 42.5 Å². The zero-order valence-corrected chi connectivity index (χ0v) is 15.0. The first-order valence-corrected chi connectivity index (χ1v) is 8.91. The summed E-state index contributed by atoms with van der Waals surface area (Å²) < 4.78 is 7.07. The van der Waals surface area contributed by atoms with Gasteiger partial charge >= 0.3 is 5.69 Å². The Morgan fingerprint density at radius 1 is 1.19 bits per heavy atom. The molecule has 3 aromatic rings. The number of rotatable bonds is 7. The first-order chi connectivity index (χ1) is 12.6. The van der Waals surface area contributed by atoms with Gasteiger partial charge in [-0.15, -0.1) is 5.10 Å². The first-order valence-electron chi connectivity index (χ1n) is 7.92. The van der Waals surface area contributed by atoms with Crippen molar-refractivity contribution in [1.82, 2.24) is 14.8 Å². The minimum Gasteiger partial charge on any atom is -0.489 e. The van der Waals surface area contributed by atoms with E-state index in [0.717, 1.165) is 11.3 Å². The molecule has 0 bridgehead atoms. The molecule has 0 saturated heterocycles. The number of thioether (sulfide) groups is 1. The van der Waals surface area contributed by atoms with Crippen LogP contribution in [0.2, 0.25) is 0 Å². The molecule has 1 heterocycles. The van der Waals surface area contributed by atoms with Crippen LogP contribution in [0.15, 0.2) is 64.5 Å². The van der Waals surface area contributed by atoms with Crippen LogP contribution in [0.3, 0.4) is 0 Å². The van der Waals surface area contributed by atoms with Gasteiger partial charge in [-0.1, -0.05) is 42.1 Å². The van der Waals surface area contributed by atoms with Crippen molar-refractivity contribution in [2.24, 2.45) is 7.05 Å². The number of hydrogen-bond donors (Lipinski definition) is 2. The zero-order chi connectivity index (χ0) is 18.4. The van der Waals surface area contributed by atoms with Gasteiger partial charge < -0.3 is 10.1 Å². The van der Waals surface area contributed by atoms with Crippen LogP contribution < -0.4 is 15.7 Å². The Balaban J connectivity index is 1.48. The van der Waals surface area contributed by atoms with Crippen molar-refractivity contribution < 1.29 is 9.53 Å². The summed E-state index contributed by atoms with van der Waals surface area (Å²) in [7, 11) is 1.60. The van der Waals surface area contributed by atoms with E-state index in [9.17, 15) is 9.59 Å². The Bertz CT molecular complexity index is 920. The van der Waals surface area contributed by atoms with Crippen molar-refractivity contribution in [3.05, 3.63) is 70.6 Å². The van der Waals surface area contributed by atoms with Crippen LogP contribution in [0.5, 0.6) is 5.75 Å². The maximum absolute atomic E-state index is 12.0. The molecular formula is C18H18N4O3S. The van der Waals surface area contributed by atoms with Crippen LogP contribution in [0.25, 0.3) is 0 Å². The van der Waals surface area contributed by atoms with Gasteiger partial charge in [0.15, 0.2) is 5.16 Å². The van der Waals surface area contributed by atoms with Crippen molar-refractivity contribution in [2.75, 3.05) is 11.1 Å². The third-order valence-corrected chi connectivity index (χ3v) is 4.59. The second-order valence-corrected chi connectivity index (χ2v) is 6.45. The second kappa shape index (κ2) is 8.39. The summed E-state index contributed by atoms with van der Waals surface area (Å²) in [6.07, 6.45) is 0. The fourth-order valence-electron chi connectivity index (χ4n) is 2.16. The number of amides is 1. The van der Waals surface area contributed by atoms with Gasteiger partial charge in [0.2, 0.25) is 5.91 Å². The molecule has 1 amide bonds. The number of ether oxygens (including phenoxy) is 1. The normalized spacial score (nSPS) is 10.5. The topological polar surface area (TPSA) is 89.0 Å². The number of carbonyl (C=O) groups is 1. The molecule has 0 saturated carbocycles. The highest BCUT2D eigenvalue weighted by Gasteiger charge is 2.09. The number of aromatic amines is 1. The van der Waals surface area contributed by atoms with Crippen molar-refractivity contribution >= 4 is 23.4 Å². The van der Waals surface area contributed by atoms with E-state index in [-0.39, 0.29) is 17.3 Å². The van der Waals surface area contributed by atoms with E-state index >= 15 is 0 Å². The number of aromatic nitrogens is 3. The lowest BCUT2D eigenvalue weighted by Gasteiger charge is -2.08. The van der Waals surface area contributed by atoms with Crippen molar-refractivity contribution in [2.45, 2.75) is 11.8 Å². The summed E-state index contributed by atoms with van der Waals surface area (Å²) in [5.74, 6) is 0.709. The lowest BCUT2D eigenvalue weighted by atomic mass is 10.2. The largest absolute Gasteiger partial charge is 0.489 e. The van der Waals surface area contributed by atoms with Crippen LogP contribution in [-0.4, -0.2) is 26.4 Å². The molecule has 2 aromatic carbocycles. The van der Waals surface area contributed by atoms with Crippen LogP contribution in [0, 0.1) is 0 Å². The van der Waals surface area contributed by atoms with Crippen molar-refractivity contribution in [3.63, 3.8) is 0 Å². The Kier molecular flexibility index (Phi) is 5.75. The van der Waals surface area contributed by atoms with Crippen LogP contribution in [0.1, 0.15) is 5.56 Å². The monoisotopic (exact) mass is 370 g/mol. The molecule has 0 fully saturated rings. The fraction of sp³-hybridized carbons (Fsp3) is 0.167. The smallest absolute Gasteiger partial charge is 0.343 e. The highest BCUT2D eigenvalue weighted by molar-refractivity contribution is 7.99. The van der Waals surface area contributed by atoms with Gasteiger partial charge in [-0.25, -0.2) is 9.89 Å². The molecule has 134 valence electrons. The van der Waals surface area contributed by atoms with Crippen LogP contribution in [-0.2, 0) is 18.4 Å². The average Bonchev–Trinajstić information content (AvgIpc) is 2.99. The van der Waals surface area contributed by atoms with Gasteiger partial charge in [-0.2, -0.15) is 0 Å². The fourth-order valence-corrected chi connectivity index (χ4v) is 2.88. The summed E-state index contributed by atoms with van der Waals surface area (Å²) in [5, 5.41) is 9.44. The predicted molar refractivity (Wildman–Crippen MR) is 100 cm³/mol. The van der Waals surface area contributed by atoms with Gasteiger partial charge in [0.25, 0.3) is 0 Å². The van der Waals surface area contributed by atoms with E-state index < -0.39 is 0 Å². The third kappa shape index (κ3) is 4.76.